The maximum Gasteiger partial charge on any atom is 0.326 e. The van der Waals surface area contributed by atoms with Crippen molar-refractivity contribution in [1.82, 2.24) is 16.0 Å². The highest BCUT2D eigenvalue weighted by Crippen LogP contribution is 2.07. The number of nitrogens with two attached hydrogens (primary N) is 4. The Balaban J connectivity index is 5.22. The predicted octanol–water partition coefficient (Wildman–Crippen LogP) is -2.85. The summed E-state index contributed by atoms with van der Waals surface area (Å²) in [6.45, 7) is 3.87. The summed E-state index contributed by atoms with van der Waals surface area (Å²) in [6.07, 6.45) is 0.436. The van der Waals surface area contributed by atoms with Crippen LogP contribution in [0.3, 0.4) is 0 Å². The second-order valence-corrected chi connectivity index (χ2v) is 8.76. The van der Waals surface area contributed by atoms with E-state index < -0.39 is 53.8 Å². The van der Waals surface area contributed by atoms with Crippen LogP contribution in [0.1, 0.15) is 46.0 Å². The molecule has 200 valence electrons. The molecule has 4 atom stereocenters. The van der Waals surface area contributed by atoms with Crippen molar-refractivity contribution < 1.29 is 29.1 Å². The van der Waals surface area contributed by atoms with E-state index in [2.05, 4.69) is 33.6 Å². The fourth-order valence-corrected chi connectivity index (χ4v) is 3.17. The monoisotopic (exact) mass is 518 g/mol. The molecule has 0 aromatic carbocycles. The normalized spacial score (nSPS) is 14.2. The molecule has 0 aliphatic rings. The molecular formula is C20H38N8O6S. The third kappa shape index (κ3) is 14.0. The fourth-order valence-electron chi connectivity index (χ4n) is 2.92. The Kier molecular flexibility index (Phi) is 15.1. The lowest BCUT2D eigenvalue weighted by molar-refractivity contribution is -0.143. The van der Waals surface area contributed by atoms with Crippen LogP contribution in [-0.2, 0) is 24.0 Å². The van der Waals surface area contributed by atoms with Crippen LogP contribution in [-0.4, -0.2) is 77.1 Å². The maximum absolute atomic E-state index is 12.8. The van der Waals surface area contributed by atoms with Gasteiger partial charge in [0.1, 0.15) is 18.1 Å². The molecule has 0 bridgehead atoms. The van der Waals surface area contributed by atoms with Gasteiger partial charge in [-0.15, -0.1) is 0 Å². The Morgan fingerprint density at radius 1 is 0.886 bits per heavy atom. The van der Waals surface area contributed by atoms with Crippen LogP contribution >= 0.6 is 12.6 Å². The molecule has 0 radical (unpaired) electrons. The average Bonchev–Trinajstić information content (AvgIpc) is 2.75. The number of hydrogen-bond donors (Lipinski definition) is 9. The molecule has 15 heteroatoms. The molecule has 0 fully saturated rings. The lowest BCUT2D eigenvalue weighted by Crippen LogP contribution is -2.57. The van der Waals surface area contributed by atoms with E-state index in [-0.39, 0.29) is 49.9 Å². The second kappa shape index (κ2) is 16.5. The van der Waals surface area contributed by atoms with Gasteiger partial charge in [0, 0.05) is 18.7 Å². The van der Waals surface area contributed by atoms with Gasteiger partial charge in [-0.05, 0) is 31.6 Å². The van der Waals surface area contributed by atoms with Gasteiger partial charge < -0.3 is 44.0 Å². The number of carbonyl (C=O) groups excluding carboxylic acids is 4. The predicted molar refractivity (Wildman–Crippen MR) is 133 cm³/mol. The van der Waals surface area contributed by atoms with E-state index in [1.165, 1.54) is 0 Å². The van der Waals surface area contributed by atoms with Crippen molar-refractivity contribution in [3.05, 3.63) is 0 Å². The van der Waals surface area contributed by atoms with E-state index in [0.717, 1.165) is 0 Å². The molecular weight excluding hydrogens is 480 g/mol. The number of primary amides is 1. The van der Waals surface area contributed by atoms with Crippen molar-refractivity contribution in [2.75, 3.05) is 12.3 Å². The lowest BCUT2D eigenvalue weighted by atomic mass is 10.0. The number of aliphatic imine (C=N–C) groups is 1. The molecule has 14 nitrogen and oxygen atoms in total. The second-order valence-electron chi connectivity index (χ2n) is 8.39. The molecule has 0 spiro atoms. The Morgan fingerprint density at radius 3 is 1.91 bits per heavy atom. The summed E-state index contributed by atoms with van der Waals surface area (Å²) in [4.78, 5) is 64.3. The summed E-state index contributed by atoms with van der Waals surface area (Å²) in [7, 11) is 0. The molecule has 4 unspecified atom stereocenters. The van der Waals surface area contributed by atoms with Crippen molar-refractivity contribution in [1.29, 1.82) is 0 Å². The average molecular weight is 519 g/mol. The van der Waals surface area contributed by atoms with E-state index in [9.17, 15) is 29.1 Å². The Morgan fingerprint density at radius 2 is 1.43 bits per heavy atom. The zero-order valence-electron chi connectivity index (χ0n) is 20.0. The van der Waals surface area contributed by atoms with Crippen molar-refractivity contribution in [2.24, 2.45) is 33.8 Å². The van der Waals surface area contributed by atoms with Crippen LogP contribution in [0, 0.1) is 5.92 Å². The largest absolute Gasteiger partial charge is 0.480 e. The highest BCUT2D eigenvalue weighted by molar-refractivity contribution is 7.80. The van der Waals surface area contributed by atoms with E-state index in [0.29, 0.717) is 6.42 Å². The fraction of sp³-hybridized carbons (Fsp3) is 0.700. The van der Waals surface area contributed by atoms with Crippen LogP contribution in [0.15, 0.2) is 4.99 Å². The number of rotatable bonds is 17. The highest BCUT2D eigenvalue weighted by Gasteiger charge is 2.30. The van der Waals surface area contributed by atoms with Crippen LogP contribution in [0.5, 0.6) is 0 Å². The van der Waals surface area contributed by atoms with Crippen molar-refractivity contribution in [2.45, 2.75) is 70.1 Å². The quantitative estimate of drug-likeness (QED) is 0.0414. The van der Waals surface area contributed by atoms with Gasteiger partial charge in [0.15, 0.2) is 5.96 Å². The van der Waals surface area contributed by atoms with Gasteiger partial charge in [-0.3, -0.25) is 24.2 Å². The number of nitrogens with one attached hydrogen (secondary N) is 3. The minimum Gasteiger partial charge on any atom is -0.480 e. The molecule has 4 amide bonds. The molecule has 0 heterocycles. The minimum atomic E-state index is -1.27. The maximum atomic E-state index is 12.8. The number of amides is 4. The molecule has 35 heavy (non-hydrogen) atoms. The first-order valence-corrected chi connectivity index (χ1v) is 11.8. The molecule has 0 saturated heterocycles. The van der Waals surface area contributed by atoms with Gasteiger partial charge in [0.25, 0.3) is 0 Å². The van der Waals surface area contributed by atoms with E-state index >= 15 is 0 Å². The Bertz CT molecular complexity index is 775. The highest BCUT2D eigenvalue weighted by atomic mass is 32.1. The van der Waals surface area contributed by atoms with E-state index in [4.69, 9.17) is 22.9 Å². The van der Waals surface area contributed by atoms with Gasteiger partial charge in [-0.25, -0.2) is 4.79 Å². The van der Waals surface area contributed by atoms with Gasteiger partial charge in [-0.2, -0.15) is 12.6 Å². The first-order valence-electron chi connectivity index (χ1n) is 11.1. The van der Waals surface area contributed by atoms with Gasteiger partial charge in [0.2, 0.25) is 23.6 Å². The number of aliphatic carboxylic acids is 1. The summed E-state index contributed by atoms with van der Waals surface area (Å²) < 4.78 is 0. The summed E-state index contributed by atoms with van der Waals surface area (Å²) in [5.74, 6) is -4.35. The number of nitrogens with zero attached hydrogens (tertiary/aromatic N) is 1. The number of thiol groups is 1. The first-order chi connectivity index (χ1) is 16.3. The number of hydrogen-bond acceptors (Lipinski definition) is 8. The lowest BCUT2D eigenvalue weighted by Gasteiger charge is -2.25. The SMILES string of the molecule is CC(C)CC(NC(=O)C(CCC(N)=O)NC(=O)C(CS)NC(=O)C(N)CCCN=C(N)N)C(=O)O. The molecule has 0 aromatic heterocycles. The molecule has 0 saturated carbocycles. The van der Waals surface area contributed by atoms with Crippen LogP contribution < -0.4 is 38.9 Å². The number of carboxylic acids is 1. The van der Waals surface area contributed by atoms with Crippen molar-refractivity contribution in [3.8, 4) is 0 Å². The minimum absolute atomic E-state index is 0.0255. The molecule has 12 N–H and O–H groups in total. The molecule has 0 aliphatic carbocycles. The first kappa shape index (κ1) is 31.9. The van der Waals surface area contributed by atoms with Gasteiger partial charge in [0.05, 0.1) is 6.04 Å². The van der Waals surface area contributed by atoms with Crippen molar-refractivity contribution in [3.63, 3.8) is 0 Å². The topological polar surface area (TPSA) is 258 Å². The summed E-state index contributed by atoms with van der Waals surface area (Å²) >= 11 is 4.07. The number of guanidine groups is 1. The molecule has 0 aliphatic heterocycles. The van der Waals surface area contributed by atoms with Crippen LogP contribution in [0.2, 0.25) is 0 Å². The van der Waals surface area contributed by atoms with Gasteiger partial charge in [-0.1, -0.05) is 13.8 Å². The number of carboxylic acid groups (broad SMARTS) is 1. The van der Waals surface area contributed by atoms with E-state index in [1.54, 1.807) is 13.8 Å². The summed E-state index contributed by atoms with van der Waals surface area (Å²) in [6, 6.07) is -4.55. The summed E-state index contributed by atoms with van der Waals surface area (Å²) in [5, 5.41) is 16.6. The van der Waals surface area contributed by atoms with Crippen LogP contribution in [0.4, 0.5) is 0 Å². The third-order valence-electron chi connectivity index (χ3n) is 4.75. The van der Waals surface area contributed by atoms with Crippen LogP contribution in [0.25, 0.3) is 0 Å². The van der Waals surface area contributed by atoms with Crippen molar-refractivity contribution >= 4 is 48.2 Å². The molecule has 0 rings (SSSR count). The van der Waals surface area contributed by atoms with Gasteiger partial charge >= 0.3 is 5.97 Å². The zero-order chi connectivity index (χ0) is 27.1. The third-order valence-corrected chi connectivity index (χ3v) is 5.12. The zero-order valence-corrected chi connectivity index (χ0v) is 20.9. The smallest absolute Gasteiger partial charge is 0.326 e. The molecule has 0 aromatic rings. The number of carbonyl (C=O) groups is 5. The Labute approximate surface area is 209 Å². The van der Waals surface area contributed by atoms with E-state index in [1.807, 2.05) is 0 Å². The standard InChI is InChI=1S/C20H38N8O6S/c1-10(2)8-13(19(33)34)27-17(31)12(5-6-15(22)29)26-18(32)14(9-35)28-16(30)11(21)4-3-7-25-20(23)24/h10-14,35H,3-9,21H2,1-2H3,(H2,22,29)(H,26,32)(H,27,31)(H,28,30)(H,33,34)(H4,23,24,25). The summed E-state index contributed by atoms with van der Waals surface area (Å²) in [5.41, 5.74) is 21.5. The Hall–Kier alpha value is -3.07.